The van der Waals surface area contributed by atoms with Gasteiger partial charge in [-0.05, 0) is 38.0 Å². The van der Waals surface area contributed by atoms with E-state index in [1.165, 1.54) is 31.5 Å². The first-order valence-electron chi connectivity index (χ1n) is 13.4. The number of anilines is 2. The molecule has 0 saturated carbocycles. The first-order chi connectivity index (χ1) is 20.7. The third-order valence-electron chi connectivity index (χ3n) is 7.38. The minimum Gasteiger partial charge on any atom is -0.396 e. The van der Waals surface area contributed by atoms with Crippen molar-refractivity contribution in [2.45, 2.75) is 37.6 Å². The molecule has 2 aromatic rings. The van der Waals surface area contributed by atoms with Crippen LogP contribution in [-0.2, 0) is 15.5 Å². The number of aliphatic hydroxyl groups is 1. The molecule has 2 aliphatic rings. The second-order valence-electron chi connectivity index (χ2n) is 10.3. The molecule has 7 N–H and O–H groups in total. The fourth-order valence-corrected chi connectivity index (χ4v) is 6.65. The van der Waals surface area contributed by atoms with Gasteiger partial charge in [0.1, 0.15) is 29.8 Å². The van der Waals surface area contributed by atoms with Gasteiger partial charge in [-0.1, -0.05) is 23.3 Å². The zero-order valence-corrected chi connectivity index (χ0v) is 25.3. The van der Waals surface area contributed by atoms with Gasteiger partial charge in [-0.15, -0.1) is 0 Å². The maximum atomic E-state index is 14.2. The summed E-state index contributed by atoms with van der Waals surface area (Å²) in [5, 5.41) is 21.3. The van der Waals surface area contributed by atoms with Gasteiger partial charge in [0.15, 0.2) is 11.0 Å². The quantitative estimate of drug-likeness (QED) is 0.107. The fourth-order valence-electron chi connectivity index (χ4n) is 5.11. The number of carbonyl (C=O) groups is 1. The second kappa shape index (κ2) is 12.8. The Labute approximate surface area is 255 Å². The lowest BCUT2D eigenvalue weighted by Crippen LogP contribution is -2.55. The summed E-state index contributed by atoms with van der Waals surface area (Å²) >= 11 is 6.30. The zero-order valence-electron chi connectivity index (χ0n) is 23.7. The van der Waals surface area contributed by atoms with E-state index in [9.17, 15) is 37.4 Å². The van der Waals surface area contributed by atoms with Crippen molar-refractivity contribution in [1.82, 2.24) is 30.0 Å². The number of unbranched alkanes of at least 4 members (excludes halogenated alkanes) is 1. The number of rotatable bonds is 11. The summed E-state index contributed by atoms with van der Waals surface area (Å²) in [6, 6.07) is 0. The SMILES string of the molecule is CNC(=O)C1=C(Nc2nc(NC3(P(=O)(O)O)CC=C(C)C=C3Cl)ncc2C(F)(F)F)C=CC[N+]1(CCCCO)c1cn[nH]c1. The van der Waals surface area contributed by atoms with Crippen LogP contribution in [0.2, 0.25) is 0 Å². The molecule has 1 amide bonds. The molecule has 13 nitrogen and oxygen atoms in total. The Bertz CT molecular complexity index is 1570. The van der Waals surface area contributed by atoms with Gasteiger partial charge in [-0.25, -0.2) is 9.47 Å². The number of nitrogens with one attached hydrogen (secondary N) is 4. The molecule has 0 saturated heterocycles. The van der Waals surface area contributed by atoms with Crippen molar-refractivity contribution in [3.8, 4) is 0 Å². The number of aliphatic hydroxyl groups excluding tert-OH is 1. The van der Waals surface area contributed by atoms with E-state index in [0.29, 0.717) is 36.8 Å². The lowest BCUT2D eigenvalue weighted by atomic mass is 10.0. The average Bonchev–Trinajstić information content (AvgIpc) is 3.49. The van der Waals surface area contributed by atoms with Crippen LogP contribution in [0, 0.1) is 0 Å². The van der Waals surface area contributed by atoms with E-state index in [-0.39, 0.29) is 40.5 Å². The molecular formula is C26H32ClF3N8O5P+. The van der Waals surface area contributed by atoms with Crippen molar-refractivity contribution < 1.29 is 37.4 Å². The van der Waals surface area contributed by atoms with Crippen LogP contribution in [-0.4, -0.2) is 73.0 Å². The van der Waals surface area contributed by atoms with Crippen molar-refractivity contribution in [3.63, 3.8) is 0 Å². The molecule has 2 atom stereocenters. The molecule has 1 aliphatic heterocycles. The van der Waals surface area contributed by atoms with E-state index < -0.39 is 42.3 Å². The zero-order chi connectivity index (χ0) is 32.3. The normalized spacial score (nSPS) is 22.4. The second-order valence-corrected chi connectivity index (χ2v) is 12.5. The number of nitrogens with zero attached hydrogens (tertiary/aromatic N) is 4. The highest BCUT2D eigenvalue weighted by Crippen LogP contribution is 2.59. The number of allylic oxidation sites excluding steroid dienone is 3. The number of amides is 1. The van der Waals surface area contributed by atoms with Crippen molar-refractivity contribution >= 4 is 42.6 Å². The summed E-state index contributed by atoms with van der Waals surface area (Å²) in [5.41, 5.74) is -0.0702. The van der Waals surface area contributed by atoms with Crippen LogP contribution in [0.1, 0.15) is 31.7 Å². The Morgan fingerprint density at radius 2 is 2.02 bits per heavy atom. The van der Waals surface area contributed by atoms with Crippen molar-refractivity contribution in [2.24, 2.45) is 0 Å². The Hall–Kier alpha value is -3.53. The topological polar surface area (TPSA) is 185 Å². The van der Waals surface area contributed by atoms with Crippen molar-refractivity contribution in [3.05, 3.63) is 70.5 Å². The van der Waals surface area contributed by atoms with E-state index in [1.807, 2.05) is 0 Å². The first kappa shape index (κ1) is 33.4. The van der Waals surface area contributed by atoms with Crippen LogP contribution in [0.15, 0.2) is 64.9 Å². The van der Waals surface area contributed by atoms with Gasteiger partial charge in [-0.3, -0.25) is 14.5 Å². The highest BCUT2D eigenvalue weighted by atomic mass is 35.5. The molecule has 0 fully saturated rings. The molecule has 3 heterocycles. The third-order valence-corrected chi connectivity index (χ3v) is 9.48. The number of aromatic nitrogens is 4. The maximum absolute atomic E-state index is 14.2. The molecule has 0 spiro atoms. The number of carbonyl (C=O) groups excluding carboxylic acids is 1. The smallest absolute Gasteiger partial charge is 0.396 e. The summed E-state index contributed by atoms with van der Waals surface area (Å²) in [6.07, 6.45) is 5.16. The molecular weight excluding hydrogens is 628 g/mol. The lowest BCUT2D eigenvalue weighted by Gasteiger charge is -2.39. The molecule has 18 heteroatoms. The minimum absolute atomic E-state index is 0.0187. The monoisotopic (exact) mass is 659 g/mol. The molecule has 0 radical (unpaired) electrons. The number of hydrogen-bond donors (Lipinski definition) is 7. The standard InChI is InChI=1S/C26H31ClF3N8O5P/c1-16-7-8-25(20(27)12-16,44(41,42)43)37-24-32-15-18(26(28,29)30)22(36-24)35-19-6-5-10-38(9-3-4-11-39,17-13-33-34-14-17)21(19)23(40)31-2/h5-7,12-15,39H,3-4,8-11H2,1-2H3,(H5-,31,32,33,34,35,36,37,40,41,42,43)/p+1. The summed E-state index contributed by atoms with van der Waals surface area (Å²) < 4.78 is 55.1. The van der Waals surface area contributed by atoms with Crippen LogP contribution >= 0.6 is 19.2 Å². The Morgan fingerprint density at radius 1 is 1.27 bits per heavy atom. The molecule has 4 rings (SSSR count). The van der Waals surface area contributed by atoms with Gasteiger partial charge >= 0.3 is 19.7 Å². The van der Waals surface area contributed by atoms with Crippen LogP contribution in [0.3, 0.4) is 0 Å². The molecule has 44 heavy (non-hydrogen) atoms. The molecule has 2 unspecified atom stereocenters. The number of halogens is 4. The number of aromatic amines is 1. The van der Waals surface area contributed by atoms with E-state index in [0.717, 1.165) is 0 Å². The predicted molar refractivity (Wildman–Crippen MR) is 158 cm³/mol. The average molecular weight is 660 g/mol. The largest absolute Gasteiger partial charge is 0.421 e. The van der Waals surface area contributed by atoms with Gasteiger partial charge in [-0.2, -0.15) is 23.3 Å². The first-order valence-corrected chi connectivity index (χ1v) is 15.4. The number of alkyl halides is 3. The van der Waals surface area contributed by atoms with Gasteiger partial charge in [0.25, 0.3) is 0 Å². The maximum Gasteiger partial charge on any atom is 0.421 e. The summed E-state index contributed by atoms with van der Waals surface area (Å²) in [7, 11) is -3.70. The van der Waals surface area contributed by atoms with Gasteiger partial charge in [0, 0.05) is 26.3 Å². The van der Waals surface area contributed by atoms with Crippen molar-refractivity contribution in [2.75, 3.05) is 37.4 Å². The molecule has 238 valence electrons. The Kier molecular flexibility index (Phi) is 9.73. The summed E-state index contributed by atoms with van der Waals surface area (Å²) in [6.45, 7) is 2.12. The van der Waals surface area contributed by atoms with Crippen molar-refractivity contribution in [1.29, 1.82) is 0 Å². The molecule has 1 aliphatic carbocycles. The Morgan fingerprint density at radius 3 is 2.61 bits per heavy atom. The number of likely N-dealkylation sites (N-methyl/N-ethyl adjacent to an activating group) is 1. The fraction of sp³-hybridized carbons (Fsp3) is 0.385. The number of hydrogen-bond acceptors (Lipinski definition) is 8. The predicted octanol–water partition coefficient (Wildman–Crippen LogP) is 3.70. The highest BCUT2D eigenvalue weighted by Gasteiger charge is 2.51. The van der Waals surface area contributed by atoms with Gasteiger partial charge in [0.2, 0.25) is 11.6 Å². The Balaban J connectivity index is 1.87. The van der Waals surface area contributed by atoms with Crippen LogP contribution < -0.4 is 20.4 Å². The lowest BCUT2D eigenvalue weighted by molar-refractivity contribution is -0.137. The number of H-pyrrole nitrogens is 1. The van der Waals surface area contributed by atoms with E-state index in [4.69, 9.17) is 11.6 Å². The third kappa shape index (κ3) is 6.46. The number of quaternary nitrogens is 1. The molecule has 0 aromatic carbocycles. The highest BCUT2D eigenvalue weighted by molar-refractivity contribution is 7.54. The molecule has 2 aromatic heterocycles. The van der Waals surface area contributed by atoms with Gasteiger partial charge in [0.05, 0.1) is 17.8 Å². The van der Waals surface area contributed by atoms with E-state index >= 15 is 0 Å². The summed E-state index contributed by atoms with van der Waals surface area (Å²) in [5.74, 6) is -1.92. The minimum atomic E-state index is -5.08. The van der Waals surface area contributed by atoms with Crippen LogP contribution in [0.5, 0.6) is 0 Å². The molecule has 0 bridgehead atoms. The van der Waals surface area contributed by atoms with E-state index in [1.54, 1.807) is 19.2 Å². The van der Waals surface area contributed by atoms with Gasteiger partial charge < -0.3 is 30.8 Å². The van der Waals surface area contributed by atoms with Crippen LogP contribution in [0.4, 0.5) is 30.6 Å². The van der Waals surface area contributed by atoms with E-state index in [2.05, 4.69) is 36.1 Å². The summed E-state index contributed by atoms with van der Waals surface area (Å²) in [4.78, 5) is 41.6. The van der Waals surface area contributed by atoms with Crippen LogP contribution in [0.25, 0.3) is 0 Å².